The van der Waals surface area contributed by atoms with Crippen LogP contribution in [-0.4, -0.2) is 14.5 Å². The summed E-state index contributed by atoms with van der Waals surface area (Å²) in [6.45, 7) is 8.21. The molecule has 1 N–H and O–H groups in total. The van der Waals surface area contributed by atoms with Crippen molar-refractivity contribution >= 4 is 17.3 Å². The topological polar surface area (TPSA) is 42.7 Å². The number of aryl methyl sites for hydroxylation is 1. The minimum Gasteiger partial charge on any atom is -0.351 e. The lowest BCUT2D eigenvalue weighted by Crippen LogP contribution is -2.09. The third-order valence-electron chi connectivity index (χ3n) is 2.37. The second kappa shape index (κ2) is 5.31. The minimum absolute atomic E-state index is 0.621. The van der Waals surface area contributed by atoms with Crippen molar-refractivity contribution in [3.05, 3.63) is 28.5 Å². The first-order valence-electron chi connectivity index (χ1n) is 5.81. The number of hydrogen-bond donors (Lipinski definition) is 1. The van der Waals surface area contributed by atoms with Crippen LogP contribution in [0, 0.1) is 12.8 Å². The molecule has 5 heteroatoms. The highest BCUT2D eigenvalue weighted by molar-refractivity contribution is 7.11. The van der Waals surface area contributed by atoms with E-state index in [0.717, 1.165) is 24.0 Å². The van der Waals surface area contributed by atoms with Crippen molar-refractivity contribution in [2.75, 3.05) is 5.32 Å². The maximum Gasteiger partial charge on any atom is 0.203 e. The zero-order chi connectivity index (χ0) is 12.3. The van der Waals surface area contributed by atoms with E-state index in [4.69, 9.17) is 0 Å². The molecule has 2 aromatic heterocycles. The van der Waals surface area contributed by atoms with Crippen LogP contribution >= 0.6 is 11.3 Å². The lowest BCUT2D eigenvalue weighted by molar-refractivity contribution is 0.526. The van der Waals surface area contributed by atoms with Gasteiger partial charge in [-0.05, 0) is 12.8 Å². The molecule has 0 spiro atoms. The number of imidazole rings is 1. The molecule has 92 valence electrons. The van der Waals surface area contributed by atoms with Crippen molar-refractivity contribution < 1.29 is 0 Å². The molecule has 0 fully saturated rings. The molecule has 0 amide bonds. The molecule has 0 unspecified atom stereocenters. The Hall–Kier alpha value is -1.36. The van der Waals surface area contributed by atoms with E-state index in [9.17, 15) is 0 Å². The molecule has 2 rings (SSSR count). The summed E-state index contributed by atoms with van der Waals surface area (Å²) in [5, 5.41) is 4.45. The zero-order valence-corrected chi connectivity index (χ0v) is 11.3. The second-order valence-corrected chi connectivity index (χ2v) is 5.82. The average molecular weight is 250 g/mol. The van der Waals surface area contributed by atoms with Crippen LogP contribution < -0.4 is 5.32 Å². The third kappa shape index (κ3) is 3.30. The monoisotopic (exact) mass is 250 g/mol. The van der Waals surface area contributed by atoms with E-state index in [1.807, 2.05) is 25.5 Å². The Bertz CT molecular complexity index is 472. The number of nitrogens with zero attached hydrogens (tertiary/aromatic N) is 3. The average Bonchev–Trinajstić information content (AvgIpc) is 2.84. The van der Waals surface area contributed by atoms with Crippen molar-refractivity contribution in [2.24, 2.45) is 5.92 Å². The first-order chi connectivity index (χ1) is 8.15. The van der Waals surface area contributed by atoms with Crippen LogP contribution in [0.1, 0.15) is 23.7 Å². The van der Waals surface area contributed by atoms with Gasteiger partial charge in [-0.25, -0.2) is 9.97 Å². The summed E-state index contributed by atoms with van der Waals surface area (Å²) >= 11 is 1.72. The summed E-state index contributed by atoms with van der Waals surface area (Å²) in [4.78, 5) is 9.80. The molecule has 0 aromatic carbocycles. The smallest absolute Gasteiger partial charge is 0.203 e. The van der Waals surface area contributed by atoms with Crippen LogP contribution in [0.15, 0.2) is 18.6 Å². The first-order valence-corrected chi connectivity index (χ1v) is 6.63. The minimum atomic E-state index is 0.621. The van der Waals surface area contributed by atoms with Crippen LogP contribution in [0.4, 0.5) is 5.95 Å². The third-order valence-corrected chi connectivity index (χ3v) is 3.28. The van der Waals surface area contributed by atoms with Gasteiger partial charge in [0.1, 0.15) is 0 Å². The fourth-order valence-corrected chi connectivity index (χ4v) is 2.40. The molecular formula is C12H18N4S. The van der Waals surface area contributed by atoms with E-state index in [-0.39, 0.29) is 0 Å². The summed E-state index contributed by atoms with van der Waals surface area (Å²) in [7, 11) is 0. The largest absolute Gasteiger partial charge is 0.351 e. The summed E-state index contributed by atoms with van der Waals surface area (Å²) < 4.78 is 2.15. The van der Waals surface area contributed by atoms with E-state index >= 15 is 0 Å². The molecular weight excluding hydrogens is 232 g/mol. The van der Waals surface area contributed by atoms with Crippen molar-refractivity contribution in [1.82, 2.24) is 14.5 Å². The fourth-order valence-electron chi connectivity index (χ4n) is 1.67. The summed E-state index contributed by atoms with van der Waals surface area (Å²) in [6.07, 6.45) is 5.77. The SMILES string of the molecule is Cc1ncc(CNc2nccn2CC(C)C)s1. The standard InChI is InChI=1S/C12H18N4S/c1-9(2)8-16-5-4-13-12(16)15-7-11-6-14-10(3)17-11/h4-6,9H,7-8H2,1-3H3,(H,13,15). The zero-order valence-electron chi connectivity index (χ0n) is 10.5. The van der Waals surface area contributed by atoms with Crippen molar-refractivity contribution in [1.29, 1.82) is 0 Å². The summed E-state index contributed by atoms with van der Waals surface area (Å²) in [5.41, 5.74) is 0. The van der Waals surface area contributed by atoms with Gasteiger partial charge in [-0.3, -0.25) is 0 Å². The predicted octanol–water partition coefficient (Wildman–Crippen LogP) is 2.92. The molecule has 2 heterocycles. The Labute approximate surface area is 106 Å². The van der Waals surface area contributed by atoms with Crippen LogP contribution in [0.2, 0.25) is 0 Å². The van der Waals surface area contributed by atoms with Crippen molar-refractivity contribution in [3.8, 4) is 0 Å². The number of nitrogens with one attached hydrogen (secondary N) is 1. The van der Waals surface area contributed by atoms with E-state index < -0.39 is 0 Å². The number of thiazole rings is 1. The Morgan fingerprint density at radius 1 is 1.41 bits per heavy atom. The van der Waals surface area contributed by atoms with Gasteiger partial charge in [0.05, 0.1) is 11.6 Å². The maximum atomic E-state index is 4.33. The van der Waals surface area contributed by atoms with Gasteiger partial charge in [-0.15, -0.1) is 11.3 Å². The Morgan fingerprint density at radius 2 is 2.24 bits per heavy atom. The number of aromatic nitrogens is 3. The van der Waals surface area contributed by atoms with Gasteiger partial charge in [-0.2, -0.15) is 0 Å². The van der Waals surface area contributed by atoms with E-state index in [0.29, 0.717) is 5.92 Å². The first kappa shape index (κ1) is 12.1. The Balaban J connectivity index is 1.97. The highest BCUT2D eigenvalue weighted by Crippen LogP contribution is 2.14. The molecule has 0 saturated heterocycles. The van der Waals surface area contributed by atoms with Gasteiger partial charge in [0.2, 0.25) is 5.95 Å². The Morgan fingerprint density at radius 3 is 2.88 bits per heavy atom. The van der Waals surface area contributed by atoms with Gasteiger partial charge in [0.15, 0.2) is 0 Å². The molecule has 17 heavy (non-hydrogen) atoms. The summed E-state index contributed by atoms with van der Waals surface area (Å²) in [6, 6.07) is 0. The maximum absolute atomic E-state index is 4.33. The predicted molar refractivity (Wildman–Crippen MR) is 71.2 cm³/mol. The van der Waals surface area contributed by atoms with Crippen LogP contribution in [0.3, 0.4) is 0 Å². The van der Waals surface area contributed by atoms with E-state index in [1.165, 1.54) is 4.88 Å². The van der Waals surface area contributed by atoms with Gasteiger partial charge >= 0.3 is 0 Å². The quantitative estimate of drug-likeness (QED) is 0.887. The van der Waals surface area contributed by atoms with E-state index in [2.05, 4.69) is 33.7 Å². The molecule has 2 aromatic rings. The highest BCUT2D eigenvalue weighted by Gasteiger charge is 2.05. The van der Waals surface area contributed by atoms with Gasteiger partial charge in [0.25, 0.3) is 0 Å². The lowest BCUT2D eigenvalue weighted by atomic mass is 10.2. The number of hydrogen-bond acceptors (Lipinski definition) is 4. The number of anilines is 1. The van der Waals surface area contributed by atoms with Crippen LogP contribution in [0.25, 0.3) is 0 Å². The molecule has 4 nitrogen and oxygen atoms in total. The summed E-state index contributed by atoms with van der Waals surface area (Å²) in [5.74, 6) is 1.56. The molecule has 0 aliphatic rings. The Kier molecular flexibility index (Phi) is 3.78. The lowest BCUT2D eigenvalue weighted by Gasteiger charge is -2.10. The molecule has 0 atom stereocenters. The van der Waals surface area contributed by atoms with E-state index in [1.54, 1.807) is 11.3 Å². The molecule has 0 radical (unpaired) electrons. The van der Waals surface area contributed by atoms with Gasteiger partial charge in [0, 0.05) is 30.0 Å². The van der Waals surface area contributed by atoms with Crippen molar-refractivity contribution in [2.45, 2.75) is 33.9 Å². The second-order valence-electron chi connectivity index (χ2n) is 4.50. The highest BCUT2D eigenvalue weighted by atomic mass is 32.1. The molecule has 0 bridgehead atoms. The van der Waals surface area contributed by atoms with Gasteiger partial charge in [-0.1, -0.05) is 13.8 Å². The van der Waals surface area contributed by atoms with Crippen LogP contribution in [0.5, 0.6) is 0 Å². The van der Waals surface area contributed by atoms with Crippen molar-refractivity contribution in [3.63, 3.8) is 0 Å². The fraction of sp³-hybridized carbons (Fsp3) is 0.500. The molecule has 0 aliphatic heterocycles. The number of rotatable bonds is 5. The normalized spacial score (nSPS) is 11.1. The van der Waals surface area contributed by atoms with Crippen LogP contribution in [-0.2, 0) is 13.1 Å². The van der Waals surface area contributed by atoms with Gasteiger partial charge < -0.3 is 9.88 Å². The molecule has 0 aliphatic carbocycles. The molecule has 0 saturated carbocycles.